The maximum atomic E-state index is 13.2. The molecule has 2 aliphatic heterocycles. The van der Waals surface area contributed by atoms with Crippen LogP contribution >= 0.6 is 11.3 Å². The molecule has 0 N–H and O–H groups in total. The Kier molecular flexibility index (Phi) is 6.95. The quantitative estimate of drug-likeness (QED) is 0.604. The van der Waals surface area contributed by atoms with Crippen LogP contribution in [0, 0.1) is 6.92 Å². The SMILES string of the molecule is CCN(C(=O)CN1CC[C@@H](c2ccc(OC)c(O[C@@H]3CCOC3)c2)C1=O)c1nc(C)cs1. The zero-order valence-corrected chi connectivity index (χ0v) is 19.5. The Morgan fingerprint density at radius 2 is 2.19 bits per heavy atom. The van der Waals surface area contributed by atoms with Gasteiger partial charge in [0.25, 0.3) is 0 Å². The Morgan fingerprint density at radius 3 is 2.84 bits per heavy atom. The highest BCUT2D eigenvalue weighted by atomic mass is 32.1. The molecule has 0 saturated carbocycles. The number of carbonyl (C=O) groups is 2. The molecule has 0 unspecified atom stereocenters. The predicted octanol–water partition coefficient (Wildman–Crippen LogP) is 3.00. The van der Waals surface area contributed by atoms with Crippen molar-refractivity contribution < 1.29 is 23.8 Å². The number of rotatable bonds is 8. The zero-order valence-electron chi connectivity index (χ0n) is 18.7. The van der Waals surface area contributed by atoms with Gasteiger partial charge in [0.2, 0.25) is 11.8 Å². The van der Waals surface area contributed by atoms with E-state index in [2.05, 4.69) is 4.98 Å². The third kappa shape index (κ3) is 4.73. The van der Waals surface area contributed by atoms with Gasteiger partial charge in [0.15, 0.2) is 16.6 Å². The van der Waals surface area contributed by atoms with Gasteiger partial charge in [-0.3, -0.25) is 14.5 Å². The van der Waals surface area contributed by atoms with Crippen molar-refractivity contribution in [2.75, 3.05) is 44.9 Å². The molecule has 2 aliphatic rings. The van der Waals surface area contributed by atoms with Crippen LogP contribution in [-0.2, 0) is 14.3 Å². The standard InChI is InChI=1S/C23H29N3O5S/c1-4-26(23-24-15(2)14-32-23)21(27)12-25-9-7-18(22(25)28)16-5-6-19(29-3)20(11-16)31-17-8-10-30-13-17/h5-6,11,14,17-18H,4,7-10,12-13H2,1-3H3/t17-,18+/m1/s1. The monoisotopic (exact) mass is 459 g/mol. The van der Waals surface area contributed by atoms with E-state index in [1.165, 1.54) is 11.3 Å². The maximum Gasteiger partial charge on any atom is 0.248 e. The van der Waals surface area contributed by atoms with Crippen LogP contribution in [0.25, 0.3) is 0 Å². The van der Waals surface area contributed by atoms with Crippen LogP contribution in [0.2, 0.25) is 0 Å². The summed E-state index contributed by atoms with van der Waals surface area (Å²) in [6, 6.07) is 5.63. The highest BCUT2D eigenvalue weighted by molar-refractivity contribution is 7.14. The molecule has 2 fully saturated rings. The Hall–Kier alpha value is -2.65. The number of nitrogens with zero attached hydrogens (tertiary/aromatic N) is 3. The zero-order chi connectivity index (χ0) is 22.7. The Morgan fingerprint density at radius 1 is 1.34 bits per heavy atom. The number of amides is 2. The number of hydrogen-bond donors (Lipinski definition) is 0. The number of carbonyl (C=O) groups excluding carboxylic acids is 2. The number of likely N-dealkylation sites (N-methyl/N-ethyl adjacent to an activating group) is 1. The molecule has 1 aromatic carbocycles. The number of thiazole rings is 1. The van der Waals surface area contributed by atoms with Crippen molar-refractivity contribution in [1.29, 1.82) is 0 Å². The van der Waals surface area contributed by atoms with E-state index in [-0.39, 0.29) is 30.4 Å². The van der Waals surface area contributed by atoms with E-state index in [4.69, 9.17) is 14.2 Å². The average molecular weight is 460 g/mol. The van der Waals surface area contributed by atoms with Crippen LogP contribution in [0.1, 0.15) is 36.9 Å². The van der Waals surface area contributed by atoms with Crippen LogP contribution in [0.4, 0.5) is 5.13 Å². The molecule has 2 atom stereocenters. The third-order valence-corrected chi connectivity index (χ3v) is 6.83. The molecule has 0 bridgehead atoms. The molecule has 0 radical (unpaired) electrons. The van der Waals surface area contributed by atoms with Crippen LogP contribution < -0.4 is 14.4 Å². The Bertz CT molecular complexity index is 972. The van der Waals surface area contributed by atoms with Crippen molar-refractivity contribution in [3.8, 4) is 11.5 Å². The second kappa shape index (κ2) is 9.87. The summed E-state index contributed by atoms with van der Waals surface area (Å²) in [4.78, 5) is 33.8. The van der Waals surface area contributed by atoms with Gasteiger partial charge in [-0.2, -0.15) is 0 Å². The lowest BCUT2D eigenvalue weighted by atomic mass is 9.97. The van der Waals surface area contributed by atoms with Gasteiger partial charge in [-0.15, -0.1) is 11.3 Å². The van der Waals surface area contributed by atoms with Crippen molar-refractivity contribution >= 4 is 28.3 Å². The van der Waals surface area contributed by atoms with Gasteiger partial charge < -0.3 is 19.1 Å². The molecule has 2 saturated heterocycles. The average Bonchev–Trinajstić information content (AvgIpc) is 3.52. The molecule has 2 aromatic rings. The van der Waals surface area contributed by atoms with Gasteiger partial charge >= 0.3 is 0 Å². The second-order valence-corrected chi connectivity index (χ2v) is 8.86. The largest absolute Gasteiger partial charge is 0.493 e. The number of ether oxygens (including phenoxy) is 3. The smallest absolute Gasteiger partial charge is 0.248 e. The Balaban J connectivity index is 1.45. The van der Waals surface area contributed by atoms with E-state index in [0.29, 0.717) is 49.4 Å². The van der Waals surface area contributed by atoms with Gasteiger partial charge in [0, 0.05) is 24.9 Å². The van der Waals surface area contributed by atoms with E-state index in [9.17, 15) is 9.59 Å². The lowest BCUT2D eigenvalue weighted by Crippen LogP contribution is -2.41. The summed E-state index contributed by atoms with van der Waals surface area (Å²) >= 11 is 1.44. The first-order valence-electron chi connectivity index (χ1n) is 10.9. The van der Waals surface area contributed by atoms with Gasteiger partial charge in [0.05, 0.1) is 31.9 Å². The first-order chi connectivity index (χ1) is 15.5. The molecule has 2 amide bonds. The molecule has 1 aromatic heterocycles. The van der Waals surface area contributed by atoms with Gasteiger partial charge in [-0.25, -0.2) is 4.98 Å². The van der Waals surface area contributed by atoms with Crippen molar-refractivity contribution in [2.45, 2.75) is 38.7 Å². The van der Waals surface area contributed by atoms with Gasteiger partial charge in [-0.1, -0.05) is 6.07 Å². The number of aryl methyl sites for hydroxylation is 1. The van der Waals surface area contributed by atoms with Crippen molar-refractivity contribution in [1.82, 2.24) is 9.88 Å². The molecule has 32 heavy (non-hydrogen) atoms. The topological polar surface area (TPSA) is 81.2 Å². The summed E-state index contributed by atoms with van der Waals surface area (Å²) in [5.41, 5.74) is 1.76. The van der Waals surface area contributed by atoms with Gasteiger partial charge in [-0.05, 0) is 38.0 Å². The summed E-state index contributed by atoms with van der Waals surface area (Å²) in [5, 5.41) is 2.59. The normalized spacial score (nSPS) is 20.6. The molecule has 172 valence electrons. The molecule has 8 nitrogen and oxygen atoms in total. The highest BCUT2D eigenvalue weighted by Gasteiger charge is 2.35. The van der Waals surface area contributed by atoms with E-state index in [0.717, 1.165) is 17.7 Å². The van der Waals surface area contributed by atoms with E-state index < -0.39 is 0 Å². The predicted molar refractivity (Wildman–Crippen MR) is 122 cm³/mol. The highest BCUT2D eigenvalue weighted by Crippen LogP contribution is 2.36. The van der Waals surface area contributed by atoms with Crippen molar-refractivity contribution in [3.63, 3.8) is 0 Å². The van der Waals surface area contributed by atoms with Crippen molar-refractivity contribution in [2.24, 2.45) is 0 Å². The van der Waals surface area contributed by atoms with Crippen LogP contribution in [0.3, 0.4) is 0 Å². The minimum atomic E-state index is -0.298. The van der Waals surface area contributed by atoms with Crippen LogP contribution in [0.5, 0.6) is 11.5 Å². The molecular weight excluding hydrogens is 430 g/mol. The maximum absolute atomic E-state index is 13.2. The minimum Gasteiger partial charge on any atom is -0.493 e. The third-order valence-electron chi connectivity index (χ3n) is 5.85. The number of anilines is 1. The summed E-state index contributed by atoms with van der Waals surface area (Å²) in [6.45, 7) is 6.17. The molecular formula is C23H29N3O5S. The first-order valence-corrected chi connectivity index (χ1v) is 11.8. The van der Waals surface area contributed by atoms with Crippen LogP contribution in [0.15, 0.2) is 23.6 Å². The van der Waals surface area contributed by atoms with Crippen LogP contribution in [-0.4, -0.2) is 67.8 Å². The summed E-state index contributed by atoms with van der Waals surface area (Å²) < 4.78 is 16.9. The molecule has 9 heteroatoms. The number of likely N-dealkylation sites (tertiary alicyclic amines) is 1. The van der Waals surface area contributed by atoms with E-state index in [1.807, 2.05) is 37.4 Å². The molecule has 0 spiro atoms. The molecule has 4 rings (SSSR count). The number of methoxy groups -OCH3 is 1. The fourth-order valence-corrected chi connectivity index (χ4v) is 5.01. The number of benzene rings is 1. The first kappa shape index (κ1) is 22.5. The lowest BCUT2D eigenvalue weighted by molar-refractivity contribution is -0.133. The van der Waals surface area contributed by atoms with Gasteiger partial charge in [0.1, 0.15) is 12.6 Å². The second-order valence-electron chi connectivity index (χ2n) is 8.02. The van der Waals surface area contributed by atoms with E-state index >= 15 is 0 Å². The minimum absolute atomic E-state index is 0.0120. The lowest BCUT2D eigenvalue weighted by Gasteiger charge is -2.22. The molecule has 3 heterocycles. The number of aromatic nitrogens is 1. The summed E-state index contributed by atoms with van der Waals surface area (Å²) in [6.07, 6.45) is 1.48. The molecule has 0 aliphatic carbocycles. The fraction of sp³-hybridized carbons (Fsp3) is 0.522. The summed E-state index contributed by atoms with van der Waals surface area (Å²) in [7, 11) is 1.60. The summed E-state index contributed by atoms with van der Waals surface area (Å²) in [5.74, 6) is 0.809. The Labute approximate surface area is 192 Å². The fourth-order valence-electron chi connectivity index (χ4n) is 4.13. The number of hydrogen-bond acceptors (Lipinski definition) is 7. The van der Waals surface area contributed by atoms with Crippen molar-refractivity contribution in [3.05, 3.63) is 34.8 Å². The van der Waals surface area contributed by atoms with E-state index in [1.54, 1.807) is 16.9 Å².